The number of rotatable bonds is 4. The van der Waals surface area contributed by atoms with Crippen molar-refractivity contribution < 1.29 is 4.79 Å². The Labute approximate surface area is 163 Å². The Kier molecular flexibility index (Phi) is 4.15. The van der Waals surface area contributed by atoms with Crippen molar-refractivity contribution in [2.45, 2.75) is 32.6 Å². The topological polar surface area (TPSA) is 62.2 Å². The number of para-hydroxylation sites is 1. The number of imidazole rings is 1. The molecule has 3 heterocycles. The number of pyridine rings is 1. The van der Waals surface area contributed by atoms with E-state index in [4.69, 9.17) is 4.98 Å². The average Bonchev–Trinajstić information content (AvgIpc) is 3.28. The van der Waals surface area contributed by atoms with Gasteiger partial charge >= 0.3 is 0 Å². The first-order valence-electron chi connectivity index (χ1n) is 9.98. The van der Waals surface area contributed by atoms with Gasteiger partial charge in [-0.1, -0.05) is 18.2 Å². The molecule has 0 saturated carbocycles. The Balaban J connectivity index is 1.25. The van der Waals surface area contributed by atoms with Gasteiger partial charge in [-0.15, -0.1) is 0 Å². The molecule has 0 fully saturated rings. The lowest BCUT2D eigenvalue weighted by Crippen LogP contribution is -2.35. The highest BCUT2D eigenvalue weighted by Gasteiger charge is 2.27. The van der Waals surface area contributed by atoms with Crippen molar-refractivity contribution in [1.82, 2.24) is 19.7 Å². The summed E-state index contributed by atoms with van der Waals surface area (Å²) in [5, 5.41) is 4.39. The third kappa shape index (κ3) is 2.97. The van der Waals surface area contributed by atoms with Crippen LogP contribution in [0.3, 0.4) is 0 Å². The van der Waals surface area contributed by atoms with E-state index in [-0.39, 0.29) is 11.8 Å². The summed E-state index contributed by atoms with van der Waals surface area (Å²) in [6.07, 6.45) is 7.46. The summed E-state index contributed by atoms with van der Waals surface area (Å²) in [6.45, 7) is 2.74. The van der Waals surface area contributed by atoms with Crippen LogP contribution in [0.25, 0.3) is 16.6 Å². The number of aromatic amines is 1. The Hall–Kier alpha value is -3.08. The molecule has 1 unspecified atom stereocenters. The van der Waals surface area contributed by atoms with Crippen LogP contribution in [-0.4, -0.2) is 26.8 Å². The smallest absolute Gasteiger partial charge is 0.223 e. The summed E-state index contributed by atoms with van der Waals surface area (Å²) < 4.78 is 2.15. The lowest BCUT2D eigenvalue weighted by molar-refractivity contribution is -0.125. The van der Waals surface area contributed by atoms with Gasteiger partial charge in [0.2, 0.25) is 5.91 Å². The highest BCUT2D eigenvalue weighted by molar-refractivity contribution is 5.83. The van der Waals surface area contributed by atoms with Crippen molar-refractivity contribution in [1.29, 1.82) is 0 Å². The van der Waals surface area contributed by atoms with Crippen LogP contribution >= 0.6 is 0 Å². The second-order valence-corrected chi connectivity index (χ2v) is 7.78. The Bertz CT molecular complexity index is 1170. The molecular formula is C23H24N4O. The van der Waals surface area contributed by atoms with Gasteiger partial charge in [-0.25, -0.2) is 4.98 Å². The molecule has 0 aliphatic heterocycles. The quantitative estimate of drug-likeness (QED) is 0.575. The van der Waals surface area contributed by atoms with Gasteiger partial charge in [0.15, 0.2) is 0 Å². The molecule has 0 saturated heterocycles. The minimum absolute atomic E-state index is 0.0247. The molecule has 28 heavy (non-hydrogen) atoms. The van der Waals surface area contributed by atoms with Crippen molar-refractivity contribution in [3.05, 3.63) is 71.3 Å². The molecule has 1 atom stereocenters. The fourth-order valence-electron chi connectivity index (χ4n) is 4.34. The van der Waals surface area contributed by atoms with E-state index in [9.17, 15) is 4.79 Å². The Morgan fingerprint density at radius 3 is 3.14 bits per heavy atom. The van der Waals surface area contributed by atoms with Crippen molar-refractivity contribution in [2.24, 2.45) is 5.92 Å². The molecule has 0 radical (unpaired) electrons. The Morgan fingerprint density at radius 1 is 1.32 bits per heavy atom. The van der Waals surface area contributed by atoms with Gasteiger partial charge in [0, 0.05) is 47.9 Å². The first-order chi connectivity index (χ1) is 13.7. The molecule has 0 bridgehead atoms. The van der Waals surface area contributed by atoms with Crippen LogP contribution in [0.1, 0.15) is 28.9 Å². The van der Waals surface area contributed by atoms with Gasteiger partial charge in [-0.05, 0) is 55.5 Å². The number of H-pyrrole nitrogens is 1. The summed E-state index contributed by atoms with van der Waals surface area (Å²) in [5.41, 5.74) is 6.93. The molecule has 3 aromatic heterocycles. The van der Waals surface area contributed by atoms with Gasteiger partial charge in [-0.3, -0.25) is 4.79 Å². The normalized spacial score (nSPS) is 16.4. The molecule has 0 spiro atoms. The molecule has 1 aromatic carbocycles. The number of benzene rings is 1. The highest BCUT2D eigenvalue weighted by atomic mass is 16.1. The van der Waals surface area contributed by atoms with E-state index < -0.39 is 0 Å². The molecule has 2 N–H and O–H groups in total. The zero-order valence-electron chi connectivity index (χ0n) is 16.0. The van der Waals surface area contributed by atoms with Gasteiger partial charge in [0.25, 0.3) is 0 Å². The van der Waals surface area contributed by atoms with Crippen LogP contribution in [0.4, 0.5) is 0 Å². The lowest BCUT2D eigenvalue weighted by atomic mass is 9.89. The number of carbonyl (C=O) groups excluding carboxylic acids is 1. The summed E-state index contributed by atoms with van der Waals surface area (Å²) in [7, 11) is 0. The van der Waals surface area contributed by atoms with Gasteiger partial charge in [0.1, 0.15) is 5.65 Å². The van der Waals surface area contributed by atoms with Crippen LogP contribution < -0.4 is 5.32 Å². The number of hydrogen-bond acceptors (Lipinski definition) is 2. The standard InChI is InChI=1S/C23H24N4O/c1-15-9-11-27-21-13-16(6-7-20(21)26-22(27)12-15)23(28)24-10-8-17-14-25-19-5-3-2-4-18(17)19/h2-5,9,11-12,14,16,25H,6-8,10,13H2,1H3,(H,24,28). The van der Waals surface area contributed by atoms with Crippen molar-refractivity contribution >= 4 is 22.5 Å². The van der Waals surface area contributed by atoms with E-state index in [2.05, 4.69) is 58.2 Å². The predicted molar refractivity (Wildman–Crippen MR) is 110 cm³/mol. The second-order valence-electron chi connectivity index (χ2n) is 7.78. The average molecular weight is 372 g/mol. The maximum absolute atomic E-state index is 12.8. The number of aromatic nitrogens is 3. The van der Waals surface area contributed by atoms with Crippen LogP contribution in [-0.2, 0) is 24.1 Å². The molecule has 5 rings (SSSR count). The van der Waals surface area contributed by atoms with Crippen molar-refractivity contribution in [3.8, 4) is 0 Å². The minimum Gasteiger partial charge on any atom is -0.361 e. The molecule has 5 nitrogen and oxygen atoms in total. The SMILES string of the molecule is Cc1ccn2c3c(nc2c1)CCC(C(=O)NCCc1c[nH]c2ccccc12)C3. The van der Waals surface area contributed by atoms with E-state index >= 15 is 0 Å². The molecule has 1 amide bonds. The number of nitrogens with zero attached hydrogens (tertiary/aromatic N) is 2. The van der Waals surface area contributed by atoms with E-state index in [0.717, 1.165) is 42.5 Å². The zero-order chi connectivity index (χ0) is 19.1. The lowest BCUT2D eigenvalue weighted by Gasteiger charge is -2.21. The summed E-state index contributed by atoms with van der Waals surface area (Å²) >= 11 is 0. The van der Waals surface area contributed by atoms with Gasteiger partial charge in [-0.2, -0.15) is 0 Å². The fourth-order valence-corrected chi connectivity index (χ4v) is 4.34. The summed E-state index contributed by atoms with van der Waals surface area (Å²) in [5.74, 6) is 0.184. The number of hydrogen-bond donors (Lipinski definition) is 2. The van der Waals surface area contributed by atoms with E-state index in [1.165, 1.54) is 22.2 Å². The molecular weight excluding hydrogens is 348 g/mol. The minimum atomic E-state index is 0.0247. The monoisotopic (exact) mass is 372 g/mol. The van der Waals surface area contributed by atoms with E-state index in [0.29, 0.717) is 6.54 Å². The van der Waals surface area contributed by atoms with Crippen LogP contribution in [0, 0.1) is 12.8 Å². The largest absolute Gasteiger partial charge is 0.361 e. The number of nitrogens with one attached hydrogen (secondary N) is 2. The first kappa shape index (κ1) is 17.0. The van der Waals surface area contributed by atoms with Crippen molar-refractivity contribution in [3.63, 3.8) is 0 Å². The first-order valence-corrected chi connectivity index (χ1v) is 9.98. The Morgan fingerprint density at radius 2 is 2.21 bits per heavy atom. The summed E-state index contributed by atoms with van der Waals surface area (Å²) in [6, 6.07) is 12.5. The molecule has 4 aromatic rings. The van der Waals surface area contributed by atoms with Gasteiger partial charge < -0.3 is 14.7 Å². The molecule has 5 heteroatoms. The van der Waals surface area contributed by atoms with E-state index in [1.54, 1.807) is 0 Å². The third-order valence-corrected chi connectivity index (χ3v) is 5.87. The zero-order valence-corrected chi connectivity index (χ0v) is 16.0. The van der Waals surface area contributed by atoms with Crippen LogP contribution in [0.15, 0.2) is 48.8 Å². The maximum Gasteiger partial charge on any atom is 0.223 e. The number of amides is 1. The van der Waals surface area contributed by atoms with Gasteiger partial charge in [0.05, 0.1) is 5.69 Å². The van der Waals surface area contributed by atoms with Crippen LogP contribution in [0.5, 0.6) is 0 Å². The van der Waals surface area contributed by atoms with E-state index in [1.807, 2.05) is 12.3 Å². The fraction of sp³-hybridized carbons (Fsp3) is 0.304. The second kappa shape index (κ2) is 6.82. The van der Waals surface area contributed by atoms with Crippen molar-refractivity contribution in [2.75, 3.05) is 6.54 Å². The molecule has 1 aliphatic carbocycles. The highest BCUT2D eigenvalue weighted by Crippen LogP contribution is 2.27. The number of fused-ring (bicyclic) bond motifs is 4. The molecule has 142 valence electrons. The van der Waals surface area contributed by atoms with Crippen LogP contribution in [0.2, 0.25) is 0 Å². The summed E-state index contributed by atoms with van der Waals surface area (Å²) in [4.78, 5) is 20.8. The molecule has 1 aliphatic rings. The predicted octanol–water partition coefficient (Wildman–Crippen LogP) is 3.59. The number of aryl methyl sites for hydroxylation is 2. The third-order valence-electron chi connectivity index (χ3n) is 5.87. The maximum atomic E-state index is 12.8. The number of carbonyl (C=O) groups is 1.